The fourth-order valence-corrected chi connectivity index (χ4v) is 4.26. The van der Waals surface area contributed by atoms with E-state index in [-0.39, 0.29) is 40.5 Å². The van der Waals surface area contributed by atoms with Crippen molar-refractivity contribution in [3.63, 3.8) is 0 Å². The molecule has 0 bridgehead atoms. The van der Waals surface area contributed by atoms with E-state index in [1.54, 1.807) is 24.3 Å². The molecule has 0 aliphatic heterocycles. The lowest BCUT2D eigenvalue weighted by Crippen LogP contribution is -2.40. The Labute approximate surface area is 190 Å². The van der Waals surface area contributed by atoms with Crippen LogP contribution in [0.15, 0.2) is 44.7 Å². The van der Waals surface area contributed by atoms with E-state index >= 15 is 0 Å². The lowest BCUT2D eigenvalue weighted by molar-refractivity contribution is 0.443. The fourth-order valence-electron chi connectivity index (χ4n) is 4.26. The molecule has 0 atom stereocenters. The van der Waals surface area contributed by atoms with Gasteiger partial charge in [-0.25, -0.2) is 9.20 Å². The molecule has 4 aromatic rings. The van der Waals surface area contributed by atoms with Gasteiger partial charge in [0, 0.05) is 19.6 Å². The molecule has 0 saturated carbocycles. The molecule has 0 aliphatic rings. The number of rotatable bonds is 8. The maximum Gasteiger partial charge on any atom is 0.332 e. The molecule has 1 N–H and O–H groups in total. The van der Waals surface area contributed by atoms with Gasteiger partial charge in [0.25, 0.3) is 11.1 Å². The van der Waals surface area contributed by atoms with Crippen LogP contribution in [-0.2, 0) is 19.6 Å². The quantitative estimate of drug-likeness (QED) is 0.444. The van der Waals surface area contributed by atoms with Crippen molar-refractivity contribution in [1.29, 1.82) is 0 Å². The van der Waals surface area contributed by atoms with Gasteiger partial charge < -0.3 is 5.11 Å². The van der Waals surface area contributed by atoms with Crippen LogP contribution in [0, 0.1) is 0 Å². The van der Waals surface area contributed by atoms with Gasteiger partial charge in [0.05, 0.1) is 0 Å². The Morgan fingerprint density at radius 2 is 1.48 bits per heavy atom. The van der Waals surface area contributed by atoms with Gasteiger partial charge >= 0.3 is 5.69 Å². The Morgan fingerprint density at radius 3 is 2.12 bits per heavy atom. The topological polar surface area (TPSA) is 104 Å². The van der Waals surface area contributed by atoms with Crippen LogP contribution in [0.1, 0.15) is 46.5 Å². The first-order valence-corrected chi connectivity index (χ1v) is 11.5. The Morgan fingerprint density at radius 1 is 0.818 bits per heavy atom. The van der Waals surface area contributed by atoms with E-state index in [1.165, 1.54) is 18.1 Å². The third-order valence-electron chi connectivity index (χ3n) is 5.83. The fraction of sp³-hybridized carbons (Fsp3) is 0.417. The molecule has 0 aliphatic carbocycles. The maximum atomic E-state index is 13.5. The van der Waals surface area contributed by atoms with Crippen molar-refractivity contribution >= 4 is 16.9 Å². The molecule has 33 heavy (non-hydrogen) atoms. The largest absolute Gasteiger partial charge is 0.494 e. The van der Waals surface area contributed by atoms with E-state index in [0.717, 1.165) is 12.8 Å². The number of aromatic nitrogens is 5. The SMILES string of the molecule is CCCCn1c(=O)c(-c2ccccc2)c(O)n2c3c(=O)n(CCC)c(=O)n(CCC)c3nc12. The zero-order chi connectivity index (χ0) is 23.7. The molecule has 174 valence electrons. The monoisotopic (exact) mass is 451 g/mol. The second kappa shape index (κ2) is 9.09. The summed E-state index contributed by atoms with van der Waals surface area (Å²) in [6.45, 7) is 6.85. The van der Waals surface area contributed by atoms with Crippen molar-refractivity contribution in [3.8, 4) is 17.0 Å². The van der Waals surface area contributed by atoms with E-state index in [1.807, 2.05) is 26.8 Å². The molecule has 0 radical (unpaired) electrons. The first kappa shape index (κ1) is 22.6. The van der Waals surface area contributed by atoms with Gasteiger partial charge in [-0.15, -0.1) is 0 Å². The summed E-state index contributed by atoms with van der Waals surface area (Å²) >= 11 is 0. The van der Waals surface area contributed by atoms with Crippen molar-refractivity contribution in [3.05, 3.63) is 61.5 Å². The lowest BCUT2D eigenvalue weighted by Gasteiger charge is -2.13. The number of aromatic hydroxyl groups is 1. The number of nitrogens with zero attached hydrogens (tertiary/aromatic N) is 5. The number of hydrogen-bond acceptors (Lipinski definition) is 5. The summed E-state index contributed by atoms with van der Waals surface area (Å²) in [7, 11) is 0. The van der Waals surface area contributed by atoms with E-state index in [9.17, 15) is 19.5 Å². The maximum absolute atomic E-state index is 13.5. The Kier molecular flexibility index (Phi) is 6.22. The van der Waals surface area contributed by atoms with Crippen molar-refractivity contribution < 1.29 is 5.11 Å². The van der Waals surface area contributed by atoms with E-state index in [4.69, 9.17) is 0 Å². The molecule has 0 spiro atoms. The van der Waals surface area contributed by atoms with Crippen molar-refractivity contribution in [2.75, 3.05) is 0 Å². The summed E-state index contributed by atoms with van der Waals surface area (Å²) in [5.74, 6) is -0.186. The third-order valence-corrected chi connectivity index (χ3v) is 5.83. The number of fused-ring (bicyclic) bond motifs is 3. The minimum Gasteiger partial charge on any atom is -0.494 e. The van der Waals surface area contributed by atoms with Crippen LogP contribution in [0.5, 0.6) is 5.88 Å². The van der Waals surface area contributed by atoms with Crippen LogP contribution in [0.25, 0.3) is 28.1 Å². The highest BCUT2D eigenvalue weighted by molar-refractivity contribution is 5.79. The van der Waals surface area contributed by atoms with Gasteiger partial charge in [0.1, 0.15) is 5.56 Å². The Balaban J connectivity index is 2.26. The highest BCUT2D eigenvalue weighted by Gasteiger charge is 2.25. The number of unbranched alkanes of at least 4 members (excludes halogenated alkanes) is 1. The van der Waals surface area contributed by atoms with Crippen molar-refractivity contribution in [2.45, 2.75) is 66.1 Å². The number of aryl methyl sites for hydroxylation is 2. The van der Waals surface area contributed by atoms with Gasteiger partial charge in [-0.3, -0.25) is 23.3 Å². The molecule has 4 rings (SSSR count). The van der Waals surface area contributed by atoms with Gasteiger partial charge in [-0.2, -0.15) is 4.98 Å². The van der Waals surface area contributed by atoms with Crippen molar-refractivity contribution in [1.82, 2.24) is 23.1 Å². The number of hydrogen-bond donors (Lipinski definition) is 1. The summed E-state index contributed by atoms with van der Waals surface area (Å²) in [5.41, 5.74) is -0.390. The van der Waals surface area contributed by atoms with E-state index in [0.29, 0.717) is 31.5 Å². The Hall–Kier alpha value is -3.62. The van der Waals surface area contributed by atoms with Gasteiger partial charge in [-0.1, -0.05) is 57.5 Å². The molecule has 3 aromatic heterocycles. The van der Waals surface area contributed by atoms with Gasteiger partial charge in [0.2, 0.25) is 11.7 Å². The van der Waals surface area contributed by atoms with Crippen LogP contribution in [0.2, 0.25) is 0 Å². The van der Waals surface area contributed by atoms with Gasteiger partial charge in [0.15, 0.2) is 11.2 Å². The first-order valence-electron chi connectivity index (χ1n) is 11.5. The van der Waals surface area contributed by atoms with Gasteiger partial charge in [-0.05, 0) is 24.8 Å². The molecule has 0 saturated heterocycles. The van der Waals surface area contributed by atoms with Crippen LogP contribution in [0.4, 0.5) is 0 Å². The molecule has 0 amide bonds. The first-order chi connectivity index (χ1) is 16.0. The summed E-state index contributed by atoms with van der Waals surface area (Å²) in [6, 6.07) is 8.89. The second-order valence-corrected chi connectivity index (χ2v) is 8.19. The summed E-state index contributed by atoms with van der Waals surface area (Å²) < 4.78 is 5.50. The van der Waals surface area contributed by atoms with E-state index < -0.39 is 11.2 Å². The molecule has 1 aromatic carbocycles. The Bertz CT molecular complexity index is 1490. The number of imidazole rings is 1. The molecule has 9 heteroatoms. The van der Waals surface area contributed by atoms with Crippen LogP contribution >= 0.6 is 0 Å². The van der Waals surface area contributed by atoms with E-state index in [2.05, 4.69) is 4.98 Å². The molecular formula is C24H29N5O4. The molecule has 0 fully saturated rings. The summed E-state index contributed by atoms with van der Waals surface area (Å²) in [6.07, 6.45) is 2.84. The second-order valence-electron chi connectivity index (χ2n) is 8.19. The van der Waals surface area contributed by atoms with Crippen LogP contribution < -0.4 is 16.8 Å². The summed E-state index contributed by atoms with van der Waals surface area (Å²) in [4.78, 5) is 44.7. The van der Waals surface area contributed by atoms with Crippen LogP contribution in [0.3, 0.4) is 0 Å². The predicted molar refractivity (Wildman–Crippen MR) is 128 cm³/mol. The third kappa shape index (κ3) is 3.57. The number of benzene rings is 1. The predicted octanol–water partition coefficient (Wildman–Crippen LogP) is 2.97. The average molecular weight is 452 g/mol. The highest BCUT2D eigenvalue weighted by Crippen LogP contribution is 2.29. The van der Waals surface area contributed by atoms with Crippen LogP contribution in [-0.4, -0.2) is 28.2 Å². The molecule has 3 heterocycles. The zero-order valence-electron chi connectivity index (χ0n) is 19.2. The molecular weight excluding hydrogens is 422 g/mol. The molecule has 9 nitrogen and oxygen atoms in total. The minimum atomic E-state index is -0.522. The zero-order valence-corrected chi connectivity index (χ0v) is 19.2. The van der Waals surface area contributed by atoms with Crippen molar-refractivity contribution in [2.24, 2.45) is 0 Å². The summed E-state index contributed by atoms with van der Waals surface area (Å²) in [5, 5.41) is 11.3. The highest BCUT2D eigenvalue weighted by atomic mass is 16.3. The minimum absolute atomic E-state index is 0.103. The smallest absolute Gasteiger partial charge is 0.332 e. The normalized spacial score (nSPS) is 11.6. The average Bonchev–Trinajstić information content (AvgIpc) is 3.21. The molecule has 0 unspecified atom stereocenters. The standard InChI is InChI=1S/C24H29N5O4/c1-4-7-15-27-20(30)17(16-11-9-8-10-12-16)21(31)29-18-19(25-23(27)29)26(13-5-2)24(33)28(14-6-3)22(18)32/h8-12,31H,4-7,13-15H2,1-3H3. The lowest BCUT2D eigenvalue weighted by atomic mass is 10.1.